The van der Waals surface area contributed by atoms with Crippen LogP contribution in [0.15, 0.2) is 22.4 Å². The van der Waals surface area contributed by atoms with Gasteiger partial charge in [-0.05, 0) is 12.1 Å². The summed E-state index contributed by atoms with van der Waals surface area (Å²) in [6.45, 7) is 0. The molecule has 0 atom stereocenters. The number of ether oxygens (including phenoxy) is 3. The van der Waals surface area contributed by atoms with E-state index in [0.717, 1.165) is 5.56 Å². The molecule has 0 bridgehead atoms. The highest BCUT2D eigenvalue weighted by atomic mass is 32.2. The van der Waals surface area contributed by atoms with Gasteiger partial charge in [-0.15, -0.1) is 10.2 Å². The van der Waals surface area contributed by atoms with E-state index < -0.39 is 0 Å². The zero-order valence-corrected chi connectivity index (χ0v) is 13.2. The molecule has 0 unspecified atom stereocenters. The van der Waals surface area contributed by atoms with E-state index >= 15 is 0 Å². The summed E-state index contributed by atoms with van der Waals surface area (Å²) >= 11 is 1.49. The maximum atomic E-state index is 5.80. The van der Waals surface area contributed by atoms with E-state index in [0.29, 0.717) is 39.8 Å². The van der Waals surface area contributed by atoms with Crippen molar-refractivity contribution in [3.8, 4) is 28.6 Å². The third-order valence-electron chi connectivity index (χ3n) is 3.11. The average molecular weight is 321 g/mol. The fourth-order valence-corrected chi connectivity index (χ4v) is 2.81. The minimum atomic E-state index is 0.518. The van der Waals surface area contributed by atoms with Crippen LogP contribution in [0.25, 0.3) is 11.4 Å². The summed E-state index contributed by atoms with van der Waals surface area (Å²) in [5, 5.41) is 13.3. The van der Waals surface area contributed by atoms with E-state index in [-0.39, 0.29) is 0 Å². The molecule has 0 saturated carbocycles. The van der Waals surface area contributed by atoms with Crippen LogP contribution in [0.2, 0.25) is 0 Å². The molecule has 9 heteroatoms. The van der Waals surface area contributed by atoms with E-state index in [4.69, 9.17) is 19.9 Å². The van der Waals surface area contributed by atoms with Gasteiger partial charge in [0.2, 0.25) is 10.9 Å². The average Bonchev–Trinajstić information content (AvgIpc) is 2.96. The molecule has 2 heterocycles. The number of aromatic nitrogens is 3. The molecule has 8 nitrogen and oxygen atoms in total. The number of rotatable bonds is 4. The van der Waals surface area contributed by atoms with Crippen LogP contribution in [-0.2, 0) is 0 Å². The minimum absolute atomic E-state index is 0.518. The number of thioether (sulfide) groups is 1. The van der Waals surface area contributed by atoms with E-state index in [1.165, 1.54) is 11.8 Å². The highest BCUT2D eigenvalue weighted by molar-refractivity contribution is 7.99. The Labute approximate surface area is 131 Å². The Kier molecular flexibility index (Phi) is 3.80. The van der Waals surface area contributed by atoms with Crippen LogP contribution in [0.4, 0.5) is 0 Å². The zero-order valence-electron chi connectivity index (χ0n) is 12.4. The fraction of sp³-hybridized carbons (Fsp3) is 0.308. The smallest absolute Gasteiger partial charge is 0.212 e. The largest absolute Gasteiger partial charge is 0.493 e. The van der Waals surface area contributed by atoms with Gasteiger partial charge in [-0.3, -0.25) is 0 Å². The number of benzene rings is 1. The van der Waals surface area contributed by atoms with Crippen LogP contribution < -0.4 is 19.9 Å². The second-order valence-corrected chi connectivity index (χ2v) is 5.35. The standard InChI is InChI=1S/C13H15N5O3S/c1-19-8-4-7(5-9(20-2)11(8)21-3)12-15-16-13-18(12)17-10(14)6-22-13/h4-5H,6H2,1-3H3,(H2,14,17). The molecular weight excluding hydrogens is 306 g/mol. The second-order valence-electron chi connectivity index (χ2n) is 4.41. The molecule has 1 aromatic heterocycles. The lowest BCUT2D eigenvalue weighted by Gasteiger charge is -2.14. The molecule has 2 aromatic rings. The lowest BCUT2D eigenvalue weighted by Crippen LogP contribution is -2.20. The lowest BCUT2D eigenvalue weighted by molar-refractivity contribution is 0.324. The van der Waals surface area contributed by atoms with Gasteiger partial charge in [-0.25, -0.2) is 0 Å². The quantitative estimate of drug-likeness (QED) is 0.903. The van der Waals surface area contributed by atoms with Crippen LogP contribution in [0, 0.1) is 0 Å². The van der Waals surface area contributed by atoms with Crippen molar-refractivity contribution < 1.29 is 14.2 Å². The number of methoxy groups -OCH3 is 3. The van der Waals surface area contributed by atoms with Crippen LogP contribution in [0.1, 0.15) is 0 Å². The molecule has 0 amide bonds. The summed E-state index contributed by atoms with van der Waals surface area (Å²) in [5.74, 6) is 3.28. The van der Waals surface area contributed by atoms with Gasteiger partial charge in [0.05, 0.1) is 27.1 Å². The van der Waals surface area contributed by atoms with E-state index in [2.05, 4.69) is 15.3 Å². The normalized spacial score (nSPS) is 13.3. The van der Waals surface area contributed by atoms with Crippen LogP contribution in [-0.4, -0.2) is 47.8 Å². The minimum Gasteiger partial charge on any atom is -0.493 e. The maximum Gasteiger partial charge on any atom is 0.212 e. The van der Waals surface area contributed by atoms with Gasteiger partial charge in [0, 0.05) is 5.56 Å². The van der Waals surface area contributed by atoms with E-state index in [1.807, 2.05) is 0 Å². The highest BCUT2D eigenvalue weighted by Gasteiger charge is 2.21. The second kappa shape index (κ2) is 5.76. The third-order valence-corrected chi connectivity index (χ3v) is 4.07. The summed E-state index contributed by atoms with van der Waals surface area (Å²) in [6.07, 6.45) is 0. The van der Waals surface area contributed by atoms with Gasteiger partial charge < -0.3 is 19.9 Å². The van der Waals surface area contributed by atoms with Gasteiger partial charge >= 0.3 is 0 Å². The van der Waals surface area contributed by atoms with Gasteiger partial charge in [-0.2, -0.15) is 9.78 Å². The molecule has 0 spiro atoms. The molecular formula is C13H15N5O3S. The summed E-state index contributed by atoms with van der Waals surface area (Å²) in [5.41, 5.74) is 6.54. The fourth-order valence-electron chi connectivity index (χ4n) is 2.13. The molecule has 1 aliphatic rings. The molecule has 3 rings (SSSR count). The van der Waals surface area contributed by atoms with Crippen molar-refractivity contribution in [2.24, 2.45) is 10.8 Å². The predicted octanol–water partition coefficient (Wildman–Crippen LogP) is 1.20. The molecule has 0 saturated heterocycles. The zero-order chi connectivity index (χ0) is 15.7. The van der Waals surface area contributed by atoms with Gasteiger partial charge in [0.15, 0.2) is 17.3 Å². The Bertz CT molecular complexity index is 718. The lowest BCUT2D eigenvalue weighted by atomic mass is 10.1. The summed E-state index contributed by atoms with van der Waals surface area (Å²) in [6, 6.07) is 3.59. The Morgan fingerprint density at radius 3 is 2.36 bits per heavy atom. The van der Waals surface area contributed by atoms with E-state index in [1.54, 1.807) is 38.1 Å². The van der Waals surface area contributed by atoms with Crippen molar-refractivity contribution in [1.82, 2.24) is 14.9 Å². The Morgan fingerprint density at radius 2 is 1.77 bits per heavy atom. The molecule has 22 heavy (non-hydrogen) atoms. The molecule has 1 aromatic carbocycles. The maximum absolute atomic E-state index is 5.80. The molecule has 2 N–H and O–H groups in total. The van der Waals surface area contributed by atoms with Gasteiger partial charge in [0.1, 0.15) is 5.84 Å². The van der Waals surface area contributed by atoms with Crippen LogP contribution in [0.3, 0.4) is 0 Å². The molecule has 0 fully saturated rings. The van der Waals surface area contributed by atoms with Crippen molar-refractivity contribution in [2.75, 3.05) is 27.1 Å². The van der Waals surface area contributed by atoms with Crippen molar-refractivity contribution >= 4 is 17.6 Å². The SMILES string of the molecule is COc1cc(-c2nnc3n2N=C(N)CS3)cc(OC)c1OC. The number of amidine groups is 1. The summed E-state index contributed by atoms with van der Waals surface area (Å²) in [4.78, 5) is 0. The highest BCUT2D eigenvalue weighted by Crippen LogP contribution is 2.41. The topological polar surface area (TPSA) is 96.8 Å². The first kappa shape index (κ1) is 14.5. The van der Waals surface area contributed by atoms with Gasteiger partial charge in [-0.1, -0.05) is 11.8 Å². The van der Waals surface area contributed by atoms with Crippen molar-refractivity contribution in [1.29, 1.82) is 0 Å². The van der Waals surface area contributed by atoms with Crippen LogP contribution in [0.5, 0.6) is 17.2 Å². The predicted molar refractivity (Wildman–Crippen MR) is 82.9 cm³/mol. The molecule has 1 aliphatic heterocycles. The first-order valence-corrected chi connectivity index (χ1v) is 7.38. The number of fused-ring (bicyclic) bond motifs is 1. The summed E-state index contributed by atoms with van der Waals surface area (Å²) < 4.78 is 17.6. The van der Waals surface area contributed by atoms with Crippen molar-refractivity contribution in [3.63, 3.8) is 0 Å². The monoisotopic (exact) mass is 321 g/mol. The Hall–Kier alpha value is -2.42. The molecule has 116 valence electrons. The molecule has 0 radical (unpaired) electrons. The van der Waals surface area contributed by atoms with Crippen LogP contribution >= 0.6 is 11.8 Å². The number of hydrogen-bond acceptors (Lipinski definition) is 8. The van der Waals surface area contributed by atoms with Crippen molar-refractivity contribution in [2.45, 2.75) is 5.16 Å². The van der Waals surface area contributed by atoms with E-state index in [9.17, 15) is 0 Å². The van der Waals surface area contributed by atoms with Crippen molar-refractivity contribution in [3.05, 3.63) is 12.1 Å². The molecule has 0 aliphatic carbocycles. The Morgan fingerprint density at radius 1 is 1.09 bits per heavy atom. The number of nitrogens with two attached hydrogens (primary N) is 1. The Balaban J connectivity index is 2.16. The first-order chi connectivity index (χ1) is 10.7. The summed E-state index contributed by atoms with van der Waals surface area (Å²) in [7, 11) is 4.68. The number of nitrogens with zero attached hydrogens (tertiary/aromatic N) is 4. The first-order valence-electron chi connectivity index (χ1n) is 6.39. The van der Waals surface area contributed by atoms with Gasteiger partial charge in [0.25, 0.3) is 0 Å². The third kappa shape index (κ3) is 2.33. The number of hydrogen-bond donors (Lipinski definition) is 1.